The number of nitrogens with one attached hydrogen (secondary N) is 1. The third kappa shape index (κ3) is 5.84. The van der Waals surface area contributed by atoms with Crippen molar-refractivity contribution in [1.82, 2.24) is 20.2 Å². The summed E-state index contributed by atoms with van der Waals surface area (Å²) < 4.78 is 17.7. The number of thioether (sulfide) groups is 1. The molecule has 3 aromatic carbocycles. The number of hydrazone groups is 1. The van der Waals surface area contributed by atoms with Gasteiger partial charge in [-0.05, 0) is 36.4 Å². The van der Waals surface area contributed by atoms with Crippen molar-refractivity contribution >= 4 is 23.9 Å². The average molecular weight is 504 g/mol. The molecule has 0 radical (unpaired) electrons. The van der Waals surface area contributed by atoms with Gasteiger partial charge in [-0.2, -0.15) is 5.10 Å². The van der Waals surface area contributed by atoms with Crippen LogP contribution in [0.1, 0.15) is 5.56 Å². The van der Waals surface area contributed by atoms with Crippen LogP contribution in [0.3, 0.4) is 0 Å². The maximum Gasteiger partial charge on any atom is 0.250 e. The van der Waals surface area contributed by atoms with Gasteiger partial charge < -0.3 is 14.2 Å². The maximum atomic E-state index is 12.5. The number of aromatic nitrogens is 3. The minimum Gasteiger partial charge on any atom is -0.497 e. The van der Waals surface area contributed by atoms with Crippen molar-refractivity contribution in [3.05, 3.63) is 78.4 Å². The predicted molar refractivity (Wildman–Crippen MR) is 139 cm³/mol. The van der Waals surface area contributed by atoms with Crippen molar-refractivity contribution in [1.29, 1.82) is 0 Å². The number of rotatable bonds is 10. The standard InChI is InChI=1S/C26H25N5O4S/c1-33-21-13-10-20(11-14-21)31-25(18-7-5-4-6-8-18)29-30-26(31)36-17-24(32)28-27-16-19-9-12-22(34-2)15-23(19)35-3/h4-16H,17H2,1-3H3,(H,28,32)/b27-16+. The third-order valence-corrected chi connectivity index (χ3v) is 6.09. The number of amides is 1. The summed E-state index contributed by atoms with van der Waals surface area (Å²) in [7, 11) is 4.76. The lowest BCUT2D eigenvalue weighted by molar-refractivity contribution is -0.118. The number of methoxy groups -OCH3 is 3. The predicted octanol–water partition coefficient (Wildman–Crippen LogP) is 4.20. The van der Waals surface area contributed by atoms with Crippen LogP contribution in [0.2, 0.25) is 0 Å². The average Bonchev–Trinajstić information content (AvgIpc) is 3.36. The van der Waals surface area contributed by atoms with Gasteiger partial charge in [-0.1, -0.05) is 42.1 Å². The molecule has 0 saturated carbocycles. The van der Waals surface area contributed by atoms with Crippen LogP contribution in [0.4, 0.5) is 0 Å². The van der Waals surface area contributed by atoms with E-state index in [4.69, 9.17) is 14.2 Å². The normalized spacial score (nSPS) is 10.9. The van der Waals surface area contributed by atoms with E-state index in [-0.39, 0.29) is 11.7 Å². The minimum absolute atomic E-state index is 0.0974. The Kier molecular flexibility index (Phi) is 8.20. The Labute approximate surface area is 213 Å². The molecule has 1 amide bonds. The van der Waals surface area contributed by atoms with Gasteiger partial charge in [-0.15, -0.1) is 10.2 Å². The van der Waals surface area contributed by atoms with E-state index in [9.17, 15) is 4.79 Å². The van der Waals surface area contributed by atoms with Crippen molar-refractivity contribution in [2.24, 2.45) is 5.10 Å². The van der Waals surface area contributed by atoms with E-state index >= 15 is 0 Å². The van der Waals surface area contributed by atoms with Crippen molar-refractivity contribution in [2.45, 2.75) is 5.16 Å². The van der Waals surface area contributed by atoms with Crippen LogP contribution in [0.5, 0.6) is 17.2 Å². The van der Waals surface area contributed by atoms with Gasteiger partial charge in [0.2, 0.25) is 0 Å². The van der Waals surface area contributed by atoms with E-state index in [1.54, 1.807) is 39.5 Å². The lowest BCUT2D eigenvalue weighted by atomic mass is 10.2. The van der Waals surface area contributed by atoms with E-state index in [2.05, 4.69) is 20.7 Å². The van der Waals surface area contributed by atoms with Crippen LogP contribution in [-0.2, 0) is 4.79 Å². The van der Waals surface area contributed by atoms with Crippen molar-refractivity contribution < 1.29 is 19.0 Å². The zero-order valence-electron chi connectivity index (χ0n) is 20.0. The van der Waals surface area contributed by atoms with Gasteiger partial charge in [-0.25, -0.2) is 5.43 Å². The number of nitrogens with zero attached hydrogens (tertiary/aromatic N) is 4. The van der Waals surface area contributed by atoms with E-state index in [0.29, 0.717) is 28.0 Å². The zero-order chi connectivity index (χ0) is 25.3. The van der Waals surface area contributed by atoms with E-state index < -0.39 is 0 Å². The number of benzene rings is 3. The first-order chi connectivity index (χ1) is 17.6. The molecule has 0 aliphatic carbocycles. The molecule has 4 aromatic rings. The topological polar surface area (TPSA) is 99.9 Å². The second kappa shape index (κ2) is 11.9. The highest BCUT2D eigenvalue weighted by Crippen LogP contribution is 2.29. The molecule has 10 heteroatoms. The van der Waals surface area contributed by atoms with Crippen LogP contribution in [0.15, 0.2) is 83.1 Å². The highest BCUT2D eigenvalue weighted by molar-refractivity contribution is 7.99. The summed E-state index contributed by atoms with van der Waals surface area (Å²) in [5.74, 6) is 2.49. The number of ether oxygens (including phenoxy) is 3. The van der Waals surface area contributed by atoms with Crippen molar-refractivity contribution in [3.8, 4) is 34.3 Å². The van der Waals surface area contributed by atoms with Crippen LogP contribution in [-0.4, -0.2) is 54.0 Å². The quantitative estimate of drug-likeness (QED) is 0.197. The van der Waals surface area contributed by atoms with Gasteiger partial charge in [0, 0.05) is 22.9 Å². The molecule has 9 nitrogen and oxygen atoms in total. The van der Waals surface area contributed by atoms with Crippen LogP contribution in [0.25, 0.3) is 17.1 Å². The molecule has 36 heavy (non-hydrogen) atoms. The van der Waals surface area contributed by atoms with Gasteiger partial charge in [-0.3, -0.25) is 9.36 Å². The molecule has 1 N–H and O–H groups in total. The molecule has 0 aliphatic heterocycles. The highest BCUT2D eigenvalue weighted by Gasteiger charge is 2.17. The Morgan fingerprint density at radius 2 is 1.67 bits per heavy atom. The number of hydrogen-bond acceptors (Lipinski definition) is 8. The fourth-order valence-corrected chi connectivity index (χ4v) is 4.11. The van der Waals surface area contributed by atoms with Gasteiger partial charge >= 0.3 is 0 Å². The van der Waals surface area contributed by atoms with Gasteiger partial charge in [0.25, 0.3) is 5.91 Å². The molecule has 0 saturated heterocycles. The van der Waals surface area contributed by atoms with Gasteiger partial charge in [0.1, 0.15) is 17.2 Å². The summed E-state index contributed by atoms with van der Waals surface area (Å²) in [6.45, 7) is 0. The molecule has 0 bridgehead atoms. The fourth-order valence-electron chi connectivity index (χ4n) is 3.36. The summed E-state index contributed by atoms with van der Waals surface area (Å²) in [5.41, 5.74) is 5.02. The summed E-state index contributed by atoms with van der Waals surface area (Å²) in [6, 6.07) is 22.7. The highest BCUT2D eigenvalue weighted by atomic mass is 32.2. The smallest absolute Gasteiger partial charge is 0.250 e. The Hall–Kier alpha value is -4.31. The second-order valence-electron chi connectivity index (χ2n) is 7.40. The fraction of sp³-hybridized carbons (Fsp3) is 0.154. The van der Waals surface area contributed by atoms with Gasteiger partial charge in [0.05, 0.1) is 33.3 Å². The van der Waals surface area contributed by atoms with Crippen LogP contribution in [0, 0.1) is 0 Å². The third-order valence-electron chi connectivity index (χ3n) is 5.16. The second-order valence-corrected chi connectivity index (χ2v) is 8.34. The van der Waals surface area contributed by atoms with Crippen molar-refractivity contribution in [3.63, 3.8) is 0 Å². The molecular formula is C26H25N5O4S. The Morgan fingerprint density at radius 3 is 2.36 bits per heavy atom. The first-order valence-corrected chi connectivity index (χ1v) is 11.9. The molecule has 0 unspecified atom stereocenters. The molecule has 0 atom stereocenters. The molecule has 184 valence electrons. The first kappa shape index (κ1) is 24.8. The molecule has 4 rings (SSSR count). The van der Waals surface area contributed by atoms with E-state index in [1.807, 2.05) is 59.2 Å². The van der Waals surface area contributed by atoms with Crippen LogP contribution >= 0.6 is 11.8 Å². The minimum atomic E-state index is -0.283. The zero-order valence-corrected chi connectivity index (χ0v) is 20.9. The van der Waals surface area contributed by atoms with Crippen molar-refractivity contribution in [2.75, 3.05) is 27.1 Å². The summed E-state index contributed by atoms with van der Waals surface area (Å²) in [6.07, 6.45) is 1.52. The summed E-state index contributed by atoms with van der Waals surface area (Å²) in [4.78, 5) is 12.5. The summed E-state index contributed by atoms with van der Waals surface area (Å²) >= 11 is 1.27. The number of carbonyl (C=O) groups excluding carboxylic acids is 1. The Morgan fingerprint density at radius 1 is 0.944 bits per heavy atom. The molecular weight excluding hydrogens is 478 g/mol. The SMILES string of the molecule is COc1ccc(-n2c(SCC(=O)N/N=C/c3ccc(OC)cc3OC)nnc2-c2ccccc2)cc1. The lowest BCUT2D eigenvalue weighted by Gasteiger charge is -2.11. The molecule has 1 heterocycles. The molecule has 0 aliphatic rings. The lowest BCUT2D eigenvalue weighted by Crippen LogP contribution is -2.20. The monoisotopic (exact) mass is 503 g/mol. The van der Waals surface area contributed by atoms with Crippen LogP contribution < -0.4 is 19.6 Å². The number of carbonyl (C=O) groups is 1. The Bertz CT molecular complexity index is 1340. The molecule has 0 spiro atoms. The molecule has 1 aromatic heterocycles. The molecule has 0 fully saturated rings. The Balaban J connectivity index is 1.48. The maximum absolute atomic E-state index is 12.5. The largest absolute Gasteiger partial charge is 0.497 e. The summed E-state index contributed by atoms with van der Waals surface area (Å²) in [5, 5.41) is 13.4. The van der Waals surface area contributed by atoms with E-state index in [0.717, 1.165) is 17.0 Å². The number of hydrogen-bond donors (Lipinski definition) is 1. The first-order valence-electron chi connectivity index (χ1n) is 10.9. The van der Waals surface area contributed by atoms with E-state index in [1.165, 1.54) is 18.0 Å². The van der Waals surface area contributed by atoms with Gasteiger partial charge in [0.15, 0.2) is 11.0 Å².